The number of carbonyl (C=O) groups excluding carboxylic acids is 1. The van der Waals surface area contributed by atoms with Crippen molar-refractivity contribution >= 4 is 22.8 Å². The van der Waals surface area contributed by atoms with Gasteiger partial charge in [0.25, 0.3) is 0 Å². The van der Waals surface area contributed by atoms with Crippen molar-refractivity contribution in [1.29, 1.82) is 10.8 Å². The predicted molar refractivity (Wildman–Crippen MR) is 94.0 cm³/mol. The summed E-state index contributed by atoms with van der Waals surface area (Å²) >= 11 is 0. The monoisotopic (exact) mass is 409 g/mol. The van der Waals surface area contributed by atoms with Crippen molar-refractivity contribution in [3.8, 4) is 0 Å². The zero-order valence-corrected chi connectivity index (χ0v) is 15.4. The predicted octanol–water partition coefficient (Wildman–Crippen LogP) is -0.0975. The molecule has 0 spiro atoms. The number of H-pyrrole nitrogens is 1. The molecule has 1 aliphatic rings. The Morgan fingerprint density at radius 2 is 2.24 bits per heavy atom. The van der Waals surface area contributed by atoms with Crippen LogP contribution in [0.3, 0.4) is 0 Å². The van der Waals surface area contributed by atoms with Gasteiger partial charge in [0.15, 0.2) is 17.0 Å². The Labute approximate surface area is 162 Å². The molecule has 0 bridgehead atoms. The molecule has 3 heterocycles. The number of hydrogen-bond donors (Lipinski definition) is 5. The molecule has 1 fully saturated rings. The van der Waals surface area contributed by atoms with Gasteiger partial charge in [0.2, 0.25) is 17.6 Å². The summed E-state index contributed by atoms with van der Waals surface area (Å²) < 4.78 is 16.0. The number of hydrogen-bond acceptors (Lipinski definition) is 10. The Morgan fingerprint density at radius 3 is 2.83 bits per heavy atom. The number of nitrogens with zero attached hydrogens (tertiary/aromatic N) is 2. The van der Waals surface area contributed by atoms with Crippen LogP contribution in [0.15, 0.2) is 18.5 Å². The van der Waals surface area contributed by atoms with Gasteiger partial charge in [-0.05, 0) is 6.07 Å². The van der Waals surface area contributed by atoms with Crippen LogP contribution in [0.25, 0.3) is 10.9 Å². The normalized spacial score (nSPS) is 25.0. The number of aromatic amines is 1. The van der Waals surface area contributed by atoms with E-state index >= 15 is 0 Å². The first-order valence-corrected chi connectivity index (χ1v) is 8.42. The fourth-order valence-electron chi connectivity index (χ4n) is 3.34. The van der Waals surface area contributed by atoms with Gasteiger partial charge in [0.05, 0.1) is 17.8 Å². The molecule has 2 aromatic heterocycles. The molecule has 0 aliphatic carbocycles. The Morgan fingerprint density at radius 1 is 1.55 bits per heavy atom. The van der Waals surface area contributed by atoms with E-state index in [0.717, 1.165) is 13.1 Å². The molecule has 3 rings (SSSR count). The quantitative estimate of drug-likeness (QED) is 0.113. The van der Waals surface area contributed by atoms with E-state index in [-0.39, 0.29) is 28.8 Å². The lowest BCUT2D eigenvalue weighted by Crippen LogP contribution is -2.49. The number of nitro groups is 1. The number of pyridine rings is 1. The Hall–Kier alpha value is -3.29. The summed E-state index contributed by atoms with van der Waals surface area (Å²) in [6.45, 7) is 2.30. The lowest BCUT2D eigenvalue weighted by Gasteiger charge is -2.30. The summed E-state index contributed by atoms with van der Waals surface area (Å²) in [7, 11) is 0. The smallest absolute Gasteiger partial charge is 0.305 e. The second-order valence-electron chi connectivity index (χ2n) is 6.53. The summed E-state index contributed by atoms with van der Waals surface area (Å²) in [6.07, 6.45) is -2.35. The molecule has 29 heavy (non-hydrogen) atoms. The lowest BCUT2D eigenvalue weighted by molar-refractivity contribution is -0.545. The first-order chi connectivity index (χ1) is 13.5. The first kappa shape index (κ1) is 20.4. The minimum atomic E-state index is -2.32. The number of aromatic nitrogens is 2. The third-order valence-electron chi connectivity index (χ3n) is 4.41. The Bertz CT molecular complexity index is 1050. The molecule has 0 amide bonds. The molecular weight excluding hydrogens is 390 g/mol. The highest BCUT2D eigenvalue weighted by atomic mass is 16.7. The Balaban J connectivity index is 2.08. The summed E-state index contributed by atoms with van der Waals surface area (Å²) in [5.41, 5.74) is 0.176. The molecule has 5 N–H and O–H groups in total. The molecule has 0 saturated carbocycles. The molecule has 13 heteroatoms. The maximum absolute atomic E-state index is 11.5. The van der Waals surface area contributed by atoms with Gasteiger partial charge in [-0.25, -0.2) is 10.1 Å². The van der Waals surface area contributed by atoms with E-state index < -0.39 is 35.3 Å². The van der Waals surface area contributed by atoms with Crippen molar-refractivity contribution in [2.24, 2.45) is 0 Å². The standard InChI is InChI=1S/C16H19N5O8/c1-7(17)27-15(23)13-16(24,29-8(2)22)5-11(28-13)10-6-20(21(25)26)14(18)9-3-4-19-12(9)10/h3-4,6,11,13,15,17-19,23-24H,5H2,1-2H3/t11-,13+,15?,16+/m0/s1. The number of ether oxygens (including phenoxy) is 3. The fraction of sp³-hybridized carbons (Fsp3) is 0.438. The molecule has 0 aromatic carbocycles. The second kappa shape index (κ2) is 7.27. The highest BCUT2D eigenvalue weighted by molar-refractivity contribution is 5.81. The van der Waals surface area contributed by atoms with Gasteiger partial charge in [-0.2, -0.15) is 0 Å². The van der Waals surface area contributed by atoms with Crippen molar-refractivity contribution < 1.29 is 34.3 Å². The maximum Gasteiger partial charge on any atom is 0.305 e. The highest BCUT2D eigenvalue weighted by Gasteiger charge is 2.55. The molecule has 1 unspecified atom stereocenters. The third kappa shape index (κ3) is 3.70. The van der Waals surface area contributed by atoms with Crippen LogP contribution >= 0.6 is 0 Å². The minimum absolute atomic E-state index is 0.199. The van der Waals surface area contributed by atoms with Crippen LogP contribution in [0.4, 0.5) is 0 Å². The van der Waals surface area contributed by atoms with E-state index in [0.29, 0.717) is 10.2 Å². The van der Waals surface area contributed by atoms with E-state index in [1.165, 1.54) is 19.2 Å². The molecule has 156 valence electrons. The minimum Gasteiger partial charge on any atom is -0.450 e. The van der Waals surface area contributed by atoms with Crippen LogP contribution in [-0.2, 0) is 19.0 Å². The zero-order chi connectivity index (χ0) is 21.5. The fourth-order valence-corrected chi connectivity index (χ4v) is 3.34. The van der Waals surface area contributed by atoms with E-state index in [9.17, 15) is 25.1 Å². The van der Waals surface area contributed by atoms with Gasteiger partial charge < -0.3 is 29.4 Å². The summed E-state index contributed by atoms with van der Waals surface area (Å²) in [6, 6.07) is 1.47. The summed E-state index contributed by atoms with van der Waals surface area (Å²) in [5, 5.41) is 47.1. The summed E-state index contributed by atoms with van der Waals surface area (Å²) in [4.78, 5) is 25.7. The lowest BCUT2D eigenvalue weighted by atomic mass is 10.0. The van der Waals surface area contributed by atoms with Gasteiger partial charge in [-0.15, -0.1) is 0 Å². The van der Waals surface area contributed by atoms with E-state index in [1.807, 2.05) is 0 Å². The molecule has 2 aromatic rings. The highest BCUT2D eigenvalue weighted by Crippen LogP contribution is 2.43. The van der Waals surface area contributed by atoms with Gasteiger partial charge in [0, 0.05) is 37.4 Å². The zero-order valence-electron chi connectivity index (χ0n) is 15.4. The molecule has 13 nitrogen and oxygen atoms in total. The van der Waals surface area contributed by atoms with Gasteiger partial charge in [-0.1, -0.05) is 4.68 Å². The van der Waals surface area contributed by atoms with Gasteiger partial charge in [0.1, 0.15) is 0 Å². The van der Waals surface area contributed by atoms with Crippen LogP contribution in [-0.4, -0.2) is 55.0 Å². The Kier molecular flexibility index (Phi) is 5.13. The third-order valence-corrected chi connectivity index (χ3v) is 4.41. The summed E-state index contributed by atoms with van der Waals surface area (Å²) in [5.74, 6) is -3.54. The topological polar surface area (TPSA) is 197 Å². The molecular formula is C16H19N5O8. The number of esters is 1. The van der Waals surface area contributed by atoms with Crippen molar-refractivity contribution in [3.05, 3.63) is 39.6 Å². The van der Waals surface area contributed by atoms with E-state index in [1.54, 1.807) is 0 Å². The van der Waals surface area contributed by atoms with Crippen molar-refractivity contribution in [1.82, 2.24) is 9.66 Å². The average Bonchev–Trinajstić information content (AvgIpc) is 3.19. The van der Waals surface area contributed by atoms with Crippen LogP contribution in [0.1, 0.15) is 31.9 Å². The SMILES string of the molecule is CC(=N)OC(O)[C@H]1O[C@H](c2cn([N+](=O)[O-])c(=N)c3cc[nH]c23)C[C@@]1(O)OC(C)=O. The maximum atomic E-state index is 11.5. The van der Waals surface area contributed by atoms with E-state index in [4.69, 9.17) is 25.0 Å². The van der Waals surface area contributed by atoms with Crippen molar-refractivity contribution in [2.45, 2.75) is 44.6 Å². The number of rotatable bonds is 5. The molecule has 4 atom stereocenters. The number of fused-ring (bicyclic) bond motifs is 1. The molecule has 1 saturated heterocycles. The number of aliphatic hydroxyl groups excluding tert-OH is 1. The van der Waals surface area contributed by atoms with E-state index in [2.05, 4.69) is 4.98 Å². The van der Waals surface area contributed by atoms with Gasteiger partial charge in [-0.3, -0.25) is 15.6 Å². The molecule has 1 aliphatic heterocycles. The van der Waals surface area contributed by atoms with Crippen LogP contribution < -0.4 is 5.49 Å². The first-order valence-electron chi connectivity index (χ1n) is 8.42. The number of carbonyl (C=O) groups is 1. The molecule has 0 radical (unpaired) electrons. The second-order valence-corrected chi connectivity index (χ2v) is 6.53. The van der Waals surface area contributed by atoms with Crippen LogP contribution in [0.2, 0.25) is 0 Å². The van der Waals surface area contributed by atoms with Crippen LogP contribution in [0.5, 0.6) is 0 Å². The number of aliphatic hydroxyl groups is 2. The van der Waals surface area contributed by atoms with Crippen LogP contribution in [0, 0.1) is 20.9 Å². The van der Waals surface area contributed by atoms with Crippen molar-refractivity contribution in [3.63, 3.8) is 0 Å². The van der Waals surface area contributed by atoms with Crippen molar-refractivity contribution in [2.75, 3.05) is 0 Å². The number of nitrogens with one attached hydrogen (secondary N) is 3. The van der Waals surface area contributed by atoms with Gasteiger partial charge >= 0.3 is 5.97 Å². The average molecular weight is 409 g/mol. The largest absolute Gasteiger partial charge is 0.450 e.